The van der Waals surface area contributed by atoms with Crippen molar-refractivity contribution in [3.63, 3.8) is 0 Å². The van der Waals surface area contributed by atoms with Gasteiger partial charge in [-0.2, -0.15) is 0 Å². The van der Waals surface area contributed by atoms with Gasteiger partial charge in [0, 0.05) is 22.6 Å². The second kappa shape index (κ2) is 5.22. The van der Waals surface area contributed by atoms with Crippen LogP contribution in [0.1, 0.15) is 5.69 Å². The maximum Gasteiger partial charge on any atom is 0.231 e. The Balaban J connectivity index is 2.22. The molecule has 0 saturated heterocycles. The van der Waals surface area contributed by atoms with Gasteiger partial charge < -0.3 is 10.5 Å². The predicted molar refractivity (Wildman–Crippen MR) is 80.6 cm³/mol. The van der Waals surface area contributed by atoms with Crippen molar-refractivity contribution in [1.29, 1.82) is 0 Å². The van der Waals surface area contributed by atoms with Crippen LogP contribution in [-0.2, 0) is 6.54 Å². The molecule has 0 amide bonds. The zero-order valence-electron chi connectivity index (χ0n) is 10.9. The van der Waals surface area contributed by atoms with Gasteiger partial charge in [0.05, 0.1) is 18.5 Å². The molecular weight excluding hydrogens is 320 g/mol. The van der Waals surface area contributed by atoms with Gasteiger partial charge in [-0.1, -0.05) is 28.1 Å². The quantitative estimate of drug-likeness (QED) is 0.800. The second-order valence-electron chi connectivity index (χ2n) is 4.26. The molecule has 2 N–H and O–H groups in total. The molecule has 0 fully saturated rings. The Morgan fingerprint density at radius 2 is 1.95 bits per heavy atom. The number of hydrogen-bond acceptors (Lipinski definition) is 4. The molecule has 0 unspecified atom stereocenters. The van der Waals surface area contributed by atoms with Gasteiger partial charge in [-0.05, 0) is 18.2 Å². The van der Waals surface area contributed by atoms with Gasteiger partial charge in [-0.3, -0.25) is 0 Å². The van der Waals surface area contributed by atoms with E-state index in [1.54, 1.807) is 17.7 Å². The SMILES string of the molecule is COc1ccc2nc(-c3ccc(Br)cc3)c(CN)n2n1. The third-order valence-corrected chi connectivity index (χ3v) is 3.59. The minimum atomic E-state index is 0.354. The molecule has 6 heteroatoms. The highest BCUT2D eigenvalue weighted by atomic mass is 79.9. The topological polar surface area (TPSA) is 65.4 Å². The summed E-state index contributed by atoms with van der Waals surface area (Å²) in [5.41, 5.74) is 9.35. The molecule has 0 aliphatic heterocycles. The molecule has 0 radical (unpaired) electrons. The monoisotopic (exact) mass is 332 g/mol. The number of ether oxygens (including phenoxy) is 1. The smallest absolute Gasteiger partial charge is 0.231 e. The molecular formula is C14H13BrN4O. The average Bonchev–Trinajstić information content (AvgIpc) is 2.85. The first kappa shape index (κ1) is 13.1. The summed E-state index contributed by atoms with van der Waals surface area (Å²) in [5.74, 6) is 0.534. The van der Waals surface area contributed by atoms with Gasteiger partial charge in [0.1, 0.15) is 0 Å². The summed E-state index contributed by atoms with van der Waals surface area (Å²) < 4.78 is 7.91. The Labute approximate surface area is 124 Å². The van der Waals surface area contributed by atoms with E-state index < -0.39 is 0 Å². The van der Waals surface area contributed by atoms with E-state index in [1.807, 2.05) is 30.3 Å². The zero-order chi connectivity index (χ0) is 14.1. The largest absolute Gasteiger partial charge is 0.480 e. The fourth-order valence-electron chi connectivity index (χ4n) is 2.09. The van der Waals surface area contributed by atoms with E-state index in [1.165, 1.54) is 0 Å². The van der Waals surface area contributed by atoms with Gasteiger partial charge in [-0.15, -0.1) is 5.10 Å². The summed E-state index contributed by atoms with van der Waals surface area (Å²) >= 11 is 3.43. The van der Waals surface area contributed by atoms with Crippen LogP contribution in [-0.4, -0.2) is 21.7 Å². The number of imidazole rings is 1. The molecule has 20 heavy (non-hydrogen) atoms. The van der Waals surface area contributed by atoms with Gasteiger partial charge in [0.2, 0.25) is 5.88 Å². The maximum atomic E-state index is 5.87. The third kappa shape index (κ3) is 2.17. The molecule has 0 aliphatic carbocycles. The summed E-state index contributed by atoms with van der Waals surface area (Å²) in [6, 6.07) is 11.6. The molecule has 2 heterocycles. The number of rotatable bonds is 3. The normalized spacial score (nSPS) is 10.9. The van der Waals surface area contributed by atoms with E-state index in [0.717, 1.165) is 27.1 Å². The van der Waals surface area contributed by atoms with E-state index in [0.29, 0.717) is 12.4 Å². The minimum absolute atomic E-state index is 0.354. The lowest BCUT2D eigenvalue weighted by Gasteiger charge is -2.03. The first-order valence-electron chi connectivity index (χ1n) is 6.11. The van der Waals surface area contributed by atoms with Crippen LogP contribution in [0, 0.1) is 0 Å². The number of nitrogens with zero attached hydrogens (tertiary/aromatic N) is 3. The van der Waals surface area contributed by atoms with E-state index in [-0.39, 0.29) is 0 Å². The van der Waals surface area contributed by atoms with Gasteiger partial charge in [-0.25, -0.2) is 9.50 Å². The lowest BCUT2D eigenvalue weighted by Crippen LogP contribution is -2.05. The van der Waals surface area contributed by atoms with Gasteiger partial charge in [0.15, 0.2) is 5.65 Å². The third-order valence-electron chi connectivity index (χ3n) is 3.07. The van der Waals surface area contributed by atoms with E-state index in [2.05, 4.69) is 26.0 Å². The Kier molecular flexibility index (Phi) is 3.42. The van der Waals surface area contributed by atoms with Crippen LogP contribution in [0.4, 0.5) is 0 Å². The summed E-state index contributed by atoms with van der Waals surface area (Å²) in [6.45, 7) is 0.354. The minimum Gasteiger partial charge on any atom is -0.480 e. The highest BCUT2D eigenvalue weighted by molar-refractivity contribution is 9.10. The highest BCUT2D eigenvalue weighted by Crippen LogP contribution is 2.25. The molecule has 0 atom stereocenters. The number of benzene rings is 1. The first-order chi connectivity index (χ1) is 9.72. The molecule has 3 aromatic rings. The number of halogens is 1. The van der Waals surface area contributed by atoms with Crippen molar-refractivity contribution in [1.82, 2.24) is 14.6 Å². The van der Waals surface area contributed by atoms with E-state index >= 15 is 0 Å². The predicted octanol–water partition coefficient (Wildman–Crippen LogP) is 2.63. The molecule has 5 nitrogen and oxygen atoms in total. The van der Waals surface area contributed by atoms with Crippen LogP contribution >= 0.6 is 15.9 Å². The summed E-state index contributed by atoms with van der Waals surface area (Å²) in [4.78, 5) is 4.61. The standard InChI is InChI=1S/C14H13BrN4O/c1-20-13-7-6-12-17-14(11(8-16)19(12)18-13)9-2-4-10(15)5-3-9/h2-7H,8,16H2,1H3. The molecule has 1 aromatic carbocycles. The van der Waals surface area contributed by atoms with Crippen molar-refractivity contribution in [3.05, 3.63) is 46.6 Å². The van der Waals surface area contributed by atoms with Crippen LogP contribution in [0.15, 0.2) is 40.9 Å². The number of nitrogens with two attached hydrogens (primary N) is 1. The Morgan fingerprint density at radius 3 is 2.60 bits per heavy atom. The molecule has 0 bridgehead atoms. The average molecular weight is 333 g/mol. The highest BCUT2D eigenvalue weighted by Gasteiger charge is 2.14. The molecule has 0 aliphatic rings. The maximum absolute atomic E-state index is 5.87. The van der Waals surface area contributed by atoms with Crippen LogP contribution in [0.3, 0.4) is 0 Å². The number of hydrogen-bond donors (Lipinski definition) is 1. The number of fused-ring (bicyclic) bond motifs is 1. The summed E-state index contributed by atoms with van der Waals surface area (Å²) in [5, 5.41) is 4.37. The molecule has 3 rings (SSSR count). The fourth-order valence-corrected chi connectivity index (χ4v) is 2.36. The number of methoxy groups -OCH3 is 1. The summed E-state index contributed by atoms with van der Waals surface area (Å²) in [7, 11) is 1.59. The van der Waals surface area contributed by atoms with Crippen molar-refractivity contribution in [2.24, 2.45) is 5.73 Å². The van der Waals surface area contributed by atoms with Crippen molar-refractivity contribution in [2.45, 2.75) is 6.54 Å². The van der Waals surface area contributed by atoms with Crippen LogP contribution in [0.2, 0.25) is 0 Å². The number of aromatic nitrogens is 3. The van der Waals surface area contributed by atoms with Crippen LogP contribution < -0.4 is 10.5 Å². The molecule has 102 valence electrons. The first-order valence-corrected chi connectivity index (χ1v) is 6.91. The Morgan fingerprint density at radius 1 is 1.20 bits per heavy atom. The molecule has 0 spiro atoms. The molecule has 2 aromatic heterocycles. The second-order valence-corrected chi connectivity index (χ2v) is 5.18. The molecule has 0 saturated carbocycles. The van der Waals surface area contributed by atoms with Crippen molar-refractivity contribution >= 4 is 21.6 Å². The lowest BCUT2D eigenvalue weighted by atomic mass is 10.1. The summed E-state index contributed by atoms with van der Waals surface area (Å²) in [6.07, 6.45) is 0. The van der Waals surface area contributed by atoms with E-state index in [9.17, 15) is 0 Å². The Hall–Kier alpha value is -1.92. The lowest BCUT2D eigenvalue weighted by molar-refractivity contribution is 0.389. The van der Waals surface area contributed by atoms with Crippen molar-refractivity contribution < 1.29 is 4.74 Å². The van der Waals surface area contributed by atoms with Crippen molar-refractivity contribution in [3.8, 4) is 17.1 Å². The van der Waals surface area contributed by atoms with E-state index in [4.69, 9.17) is 10.5 Å². The van der Waals surface area contributed by atoms with Crippen molar-refractivity contribution in [2.75, 3.05) is 7.11 Å². The van der Waals surface area contributed by atoms with Gasteiger partial charge >= 0.3 is 0 Å². The zero-order valence-corrected chi connectivity index (χ0v) is 12.5. The Bertz CT molecular complexity index is 752. The van der Waals surface area contributed by atoms with Gasteiger partial charge in [0.25, 0.3) is 0 Å². The van der Waals surface area contributed by atoms with Crippen LogP contribution in [0.5, 0.6) is 5.88 Å². The fraction of sp³-hybridized carbons (Fsp3) is 0.143. The van der Waals surface area contributed by atoms with Crippen LogP contribution in [0.25, 0.3) is 16.9 Å².